The smallest absolute Gasteiger partial charge is 0.344 e. The van der Waals surface area contributed by atoms with Crippen molar-refractivity contribution < 1.29 is 19.1 Å². The Hall–Kier alpha value is -2.24. The van der Waals surface area contributed by atoms with Crippen LogP contribution in [0.25, 0.3) is 0 Å². The molecule has 0 heterocycles. The van der Waals surface area contributed by atoms with Gasteiger partial charge in [0.05, 0.1) is 0 Å². The van der Waals surface area contributed by atoms with Crippen LogP contribution in [0.1, 0.15) is 11.1 Å². The summed E-state index contributed by atoms with van der Waals surface area (Å²) in [4.78, 5) is 23.5. The summed E-state index contributed by atoms with van der Waals surface area (Å²) in [6, 6.07) is 10.2. The second-order valence-electron chi connectivity index (χ2n) is 5.32. The molecule has 2 aromatic carbocycles. The van der Waals surface area contributed by atoms with Gasteiger partial charge in [-0.3, -0.25) is 4.79 Å². The Morgan fingerprint density at radius 2 is 1.80 bits per heavy atom. The highest BCUT2D eigenvalue weighted by atomic mass is 35.5. The summed E-state index contributed by atoms with van der Waals surface area (Å²) in [6.07, 6.45) is 0. The van der Waals surface area contributed by atoms with Crippen molar-refractivity contribution in [2.45, 2.75) is 13.8 Å². The standard InChI is InChI=1S/C18H17Cl2NO4/c1-11-8-13(6-7-14(11)19)24-10-18(23)25-9-17(22)21-16-5-3-4-15(20)12(16)2/h3-8H,9-10H2,1-2H3,(H,21,22). The van der Waals surface area contributed by atoms with Crippen molar-refractivity contribution in [3.8, 4) is 5.75 Å². The van der Waals surface area contributed by atoms with Gasteiger partial charge in [-0.15, -0.1) is 0 Å². The van der Waals surface area contributed by atoms with Crippen LogP contribution < -0.4 is 10.1 Å². The van der Waals surface area contributed by atoms with Gasteiger partial charge in [0.1, 0.15) is 5.75 Å². The van der Waals surface area contributed by atoms with E-state index < -0.39 is 18.5 Å². The van der Waals surface area contributed by atoms with Gasteiger partial charge < -0.3 is 14.8 Å². The molecular weight excluding hydrogens is 365 g/mol. The molecule has 0 fully saturated rings. The highest BCUT2D eigenvalue weighted by Gasteiger charge is 2.11. The minimum Gasteiger partial charge on any atom is -0.482 e. The van der Waals surface area contributed by atoms with E-state index >= 15 is 0 Å². The second-order valence-corrected chi connectivity index (χ2v) is 6.14. The fraction of sp³-hybridized carbons (Fsp3) is 0.222. The van der Waals surface area contributed by atoms with Gasteiger partial charge in [0.25, 0.3) is 5.91 Å². The highest BCUT2D eigenvalue weighted by Crippen LogP contribution is 2.23. The summed E-state index contributed by atoms with van der Waals surface area (Å²) in [5, 5.41) is 3.79. The molecule has 1 amide bonds. The quantitative estimate of drug-likeness (QED) is 0.762. The highest BCUT2D eigenvalue weighted by molar-refractivity contribution is 6.32. The number of amides is 1. The van der Waals surface area contributed by atoms with Crippen molar-refractivity contribution in [2.24, 2.45) is 0 Å². The van der Waals surface area contributed by atoms with Crippen LogP contribution in [0.4, 0.5) is 5.69 Å². The second kappa shape index (κ2) is 8.74. The predicted molar refractivity (Wildman–Crippen MR) is 97.5 cm³/mol. The largest absolute Gasteiger partial charge is 0.482 e. The molecule has 5 nitrogen and oxygen atoms in total. The first-order valence-corrected chi connectivity index (χ1v) is 8.22. The fourth-order valence-corrected chi connectivity index (χ4v) is 2.26. The molecule has 1 N–H and O–H groups in total. The lowest BCUT2D eigenvalue weighted by atomic mass is 10.2. The van der Waals surface area contributed by atoms with Gasteiger partial charge in [0.15, 0.2) is 13.2 Å². The Kier molecular flexibility index (Phi) is 6.67. The van der Waals surface area contributed by atoms with Crippen molar-refractivity contribution in [1.82, 2.24) is 0 Å². The SMILES string of the molecule is Cc1cc(OCC(=O)OCC(=O)Nc2cccc(Cl)c2C)ccc1Cl. The first kappa shape index (κ1) is 19.1. The molecule has 0 aliphatic carbocycles. The molecule has 132 valence electrons. The molecule has 0 saturated heterocycles. The van der Waals surface area contributed by atoms with E-state index in [4.69, 9.17) is 32.7 Å². The zero-order valence-corrected chi connectivity index (χ0v) is 15.3. The minimum absolute atomic E-state index is 0.301. The molecule has 0 radical (unpaired) electrons. The Morgan fingerprint density at radius 3 is 2.52 bits per heavy atom. The number of rotatable bonds is 6. The van der Waals surface area contributed by atoms with Crippen LogP contribution in [-0.4, -0.2) is 25.1 Å². The molecule has 0 atom stereocenters. The third kappa shape index (κ3) is 5.66. The van der Waals surface area contributed by atoms with Crippen molar-refractivity contribution >= 4 is 40.8 Å². The van der Waals surface area contributed by atoms with E-state index in [9.17, 15) is 9.59 Å². The number of aryl methyl sites for hydroxylation is 1. The Morgan fingerprint density at radius 1 is 1.04 bits per heavy atom. The molecule has 0 spiro atoms. The van der Waals surface area contributed by atoms with Gasteiger partial charge in [0.2, 0.25) is 0 Å². The van der Waals surface area contributed by atoms with Crippen molar-refractivity contribution in [2.75, 3.05) is 18.5 Å². The van der Waals surface area contributed by atoms with Crippen LogP contribution in [0.3, 0.4) is 0 Å². The lowest BCUT2D eigenvalue weighted by molar-refractivity contribution is -0.149. The fourth-order valence-electron chi connectivity index (χ4n) is 1.97. The van der Waals surface area contributed by atoms with Crippen molar-refractivity contribution in [3.05, 3.63) is 57.6 Å². The van der Waals surface area contributed by atoms with Crippen molar-refractivity contribution in [1.29, 1.82) is 0 Å². The van der Waals surface area contributed by atoms with Crippen LogP contribution >= 0.6 is 23.2 Å². The maximum atomic E-state index is 11.8. The van der Waals surface area contributed by atoms with Crippen molar-refractivity contribution in [3.63, 3.8) is 0 Å². The first-order valence-electron chi connectivity index (χ1n) is 7.46. The number of carbonyl (C=O) groups is 2. The average Bonchev–Trinajstić information content (AvgIpc) is 2.58. The van der Waals surface area contributed by atoms with Crippen LogP contribution in [-0.2, 0) is 14.3 Å². The number of ether oxygens (including phenoxy) is 2. The van der Waals surface area contributed by atoms with Gasteiger partial charge in [-0.25, -0.2) is 4.79 Å². The Labute approximate surface area is 155 Å². The lowest BCUT2D eigenvalue weighted by Gasteiger charge is -2.10. The maximum Gasteiger partial charge on any atom is 0.344 e. The van der Waals surface area contributed by atoms with E-state index in [1.54, 1.807) is 43.3 Å². The number of benzene rings is 2. The van der Waals surface area contributed by atoms with Crippen LogP contribution in [0, 0.1) is 13.8 Å². The molecule has 2 rings (SSSR count). The molecule has 0 aliphatic heterocycles. The summed E-state index contributed by atoms with van der Waals surface area (Å²) < 4.78 is 10.2. The third-order valence-corrected chi connectivity index (χ3v) is 4.23. The predicted octanol–water partition coefficient (Wildman–Crippen LogP) is 4.17. The van der Waals surface area contributed by atoms with Crippen LogP contribution in [0.5, 0.6) is 5.75 Å². The minimum atomic E-state index is -0.648. The van der Waals surface area contributed by atoms with Gasteiger partial charge in [-0.05, 0) is 55.3 Å². The van der Waals surface area contributed by atoms with Gasteiger partial charge >= 0.3 is 5.97 Å². The number of esters is 1. The third-order valence-electron chi connectivity index (χ3n) is 3.39. The molecule has 0 saturated carbocycles. The number of halogens is 2. The van der Waals surface area contributed by atoms with E-state index in [-0.39, 0.29) is 6.61 Å². The number of nitrogens with one attached hydrogen (secondary N) is 1. The van der Waals surface area contributed by atoms with E-state index in [0.717, 1.165) is 11.1 Å². The normalized spacial score (nSPS) is 10.2. The molecule has 0 aliphatic rings. The van der Waals surface area contributed by atoms with E-state index in [1.807, 2.05) is 6.92 Å². The average molecular weight is 382 g/mol. The molecular formula is C18H17Cl2NO4. The topological polar surface area (TPSA) is 64.6 Å². The summed E-state index contributed by atoms with van der Waals surface area (Å²) in [5.41, 5.74) is 2.15. The first-order chi connectivity index (χ1) is 11.9. The van der Waals surface area contributed by atoms with E-state index in [0.29, 0.717) is 21.5 Å². The number of hydrogen-bond acceptors (Lipinski definition) is 4. The maximum absolute atomic E-state index is 11.8. The molecule has 0 unspecified atom stereocenters. The molecule has 0 bridgehead atoms. The van der Waals surface area contributed by atoms with Gasteiger partial charge in [0, 0.05) is 15.7 Å². The lowest BCUT2D eigenvalue weighted by Crippen LogP contribution is -2.24. The van der Waals surface area contributed by atoms with Gasteiger partial charge in [-0.2, -0.15) is 0 Å². The van der Waals surface area contributed by atoms with E-state index in [2.05, 4.69) is 5.32 Å². The number of anilines is 1. The summed E-state index contributed by atoms with van der Waals surface area (Å²) in [6.45, 7) is 2.90. The zero-order valence-electron chi connectivity index (χ0n) is 13.8. The summed E-state index contributed by atoms with van der Waals surface area (Å²) in [5.74, 6) is -0.607. The molecule has 0 aromatic heterocycles. The van der Waals surface area contributed by atoms with Crippen LogP contribution in [0.15, 0.2) is 36.4 Å². The molecule has 7 heteroatoms. The Balaban J connectivity index is 1.78. The van der Waals surface area contributed by atoms with E-state index in [1.165, 1.54) is 0 Å². The summed E-state index contributed by atoms with van der Waals surface area (Å²) >= 11 is 11.9. The number of hydrogen-bond donors (Lipinski definition) is 1. The van der Waals surface area contributed by atoms with Gasteiger partial charge in [-0.1, -0.05) is 29.3 Å². The molecule has 25 heavy (non-hydrogen) atoms. The Bertz CT molecular complexity index is 793. The monoisotopic (exact) mass is 381 g/mol. The molecule has 2 aromatic rings. The van der Waals surface area contributed by atoms with Crippen LogP contribution in [0.2, 0.25) is 10.0 Å². The summed E-state index contributed by atoms with van der Waals surface area (Å²) in [7, 11) is 0. The number of carbonyl (C=O) groups excluding carboxylic acids is 2. The zero-order chi connectivity index (χ0) is 18.4.